The molecule has 0 spiro atoms. The molecule has 0 saturated heterocycles. The van der Waals surface area contributed by atoms with Gasteiger partial charge in [-0.05, 0) is 44.5 Å². The maximum Gasteiger partial charge on any atom is 0.338 e. The Kier molecular flexibility index (Phi) is 4.98. The van der Waals surface area contributed by atoms with E-state index in [0.29, 0.717) is 11.1 Å². The average molecular weight is 369 g/mol. The van der Waals surface area contributed by atoms with Crippen LogP contribution in [-0.2, 0) is 10.0 Å². The number of carboxylic acid groups (broad SMARTS) is 1. The zero-order valence-corrected chi connectivity index (χ0v) is 14.9. The standard InChI is InChI=1S/C16H17ClN2O4S/c1-16(2,3)19-24(22,23)12-6-4-10(5-7-12)11-8-13(15(20)21)14(17)18-9-11/h4-9,19H,1-3H3,(H,20,21). The van der Waals surface area contributed by atoms with Gasteiger partial charge >= 0.3 is 5.97 Å². The third kappa shape index (κ3) is 4.31. The van der Waals surface area contributed by atoms with Crippen LogP contribution in [-0.4, -0.2) is 30.0 Å². The fourth-order valence-electron chi connectivity index (χ4n) is 2.04. The van der Waals surface area contributed by atoms with Crippen molar-refractivity contribution in [2.75, 3.05) is 0 Å². The minimum Gasteiger partial charge on any atom is -0.478 e. The lowest BCUT2D eigenvalue weighted by Gasteiger charge is -2.20. The third-order valence-electron chi connectivity index (χ3n) is 3.01. The summed E-state index contributed by atoms with van der Waals surface area (Å²) in [5.74, 6) is -1.18. The fourth-order valence-corrected chi connectivity index (χ4v) is 3.65. The minimum absolute atomic E-state index is 0.0974. The normalized spacial score (nSPS) is 12.2. The molecule has 0 aliphatic carbocycles. The molecule has 24 heavy (non-hydrogen) atoms. The van der Waals surface area contributed by atoms with Crippen LogP contribution in [0.3, 0.4) is 0 Å². The highest BCUT2D eigenvalue weighted by Crippen LogP contribution is 2.25. The quantitative estimate of drug-likeness (QED) is 0.808. The van der Waals surface area contributed by atoms with Gasteiger partial charge in [-0.1, -0.05) is 23.7 Å². The summed E-state index contributed by atoms with van der Waals surface area (Å²) in [7, 11) is -3.63. The van der Waals surface area contributed by atoms with Gasteiger partial charge in [0.1, 0.15) is 5.15 Å². The first kappa shape index (κ1) is 18.4. The summed E-state index contributed by atoms with van der Waals surface area (Å²) in [5, 5.41) is 8.99. The molecule has 0 unspecified atom stereocenters. The summed E-state index contributed by atoms with van der Waals surface area (Å²) >= 11 is 5.75. The summed E-state index contributed by atoms with van der Waals surface area (Å²) in [5.41, 5.74) is 0.467. The topological polar surface area (TPSA) is 96.4 Å². The number of halogens is 1. The van der Waals surface area contributed by atoms with Crippen molar-refractivity contribution in [3.05, 3.63) is 47.2 Å². The molecule has 0 saturated carbocycles. The van der Waals surface area contributed by atoms with E-state index in [1.807, 2.05) is 0 Å². The van der Waals surface area contributed by atoms with E-state index < -0.39 is 21.5 Å². The van der Waals surface area contributed by atoms with E-state index in [9.17, 15) is 13.2 Å². The third-order valence-corrected chi connectivity index (χ3v) is 5.08. The Bertz CT molecular complexity index is 872. The molecule has 8 heteroatoms. The number of pyridine rings is 1. The zero-order chi connectivity index (χ0) is 18.1. The number of nitrogens with one attached hydrogen (secondary N) is 1. The molecule has 0 amide bonds. The Morgan fingerprint density at radius 3 is 2.25 bits per heavy atom. The molecule has 1 aromatic carbocycles. The molecule has 1 aromatic heterocycles. The Morgan fingerprint density at radius 1 is 1.17 bits per heavy atom. The molecular formula is C16H17ClN2O4S. The lowest BCUT2D eigenvalue weighted by Crippen LogP contribution is -2.40. The SMILES string of the molecule is CC(C)(C)NS(=O)(=O)c1ccc(-c2cnc(Cl)c(C(=O)O)c2)cc1. The second-order valence-corrected chi connectivity index (χ2v) is 8.29. The van der Waals surface area contributed by atoms with E-state index >= 15 is 0 Å². The molecule has 2 rings (SSSR count). The lowest BCUT2D eigenvalue weighted by atomic mass is 10.1. The van der Waals surface area contributed by atoms with Gasteiger partial charge in [-0.15, -0.1) is 0 Å². The Morgan fingerprint density at radius 2 is 1.75 bits per heavy atom. The van der Waals surface area contributed by atoms with Crippen molar-refractivity contribution >= 4 is 27.6 Å². The second-order valence-electron chi connectivity index (χ2n) is 6.25. The van der Waals surface area contributed by atoms with Crippen LogP contribution in [0.25, 0.3) is 11.1 Å². The van der Waals surface area contributed by atoms with Crippen molar-refractivity contribution in [3.8, 4) is 11.1 Å². The Balaban J connectivity index is 2.37. The van der Waals surface area contributed by atoms with Gasteiger partial charge in [0.15, 0.2) is 0 Å². The zero-order valence-electron chi connectivity index (χ0n) is 13.4. The van der Waals surface area contributed by atoms with Crippen molar-refractivity contribution in [2.24, 2.45) is 0 Å². The maximum atomic E-state index is 12.3. The molecule has 2 aromatic rings. The van der Waals surface area contributed by atoms with Gasteiger partial charge in [0.2, 0.25) is 10.0 Å². The Hall–Kier alpha value is -1.96. The largest absolute Gasteiger partial charge is 0.478 e. The van der Waals surface area contributed by atoms with E-state index in [2.05, 4.69) is 9.71 Å². The highest BCUT2D eigenvalue weighted by atomic mass is 35.5. The molecular weight excluding hydrogens is 352 g/mol. The molecule has 0 atom stereocenters. The summed E-state index contributed by atoms with van der Waals surface area (Å²) in [4.78, 5) is 15.1. The van der Waals surface area contributed by atoms with Crippen LogP contribution < -0.4 is 4.72 Å². The van der Waals surface area contributed by atoms with Gasteiger partial charge in [-0.2, -0.15) is 0 Å². The minimum atomic E-state index is -3.63. The van der Waals surface area contributed by atoms with Crippen molar-refractivity contribution in [2.45, 2.75) is 31.2 Å². The predicted molar refractivity (Wildman–Crippen MR) is 91.7 cm³/mol. The molecule has 0 aliphatic heterocycles. The van der Waals surface area contributed by atoms with Crippen LogP contribution in [0.4, 0.5) is 0 Å². The first-order chi connectivity index (χ1) is 11.0. The second kappa shape index (κ2) is 6.51. The highest BCUT2D eigenvalue weighted by Gasteiger charge is 2.22. The van der Waals surface area contributed by atoms with Crippen LogP contribution in [0.5, 0.6) is 0 Å². The molecule has 2 N–H and O–H groups in total. The average Bonchev–Trinajstić information content (AvgIpc) is 2.45. The van der Waals surface area contributed by atoms with Crippen LogP contribution in [0, 0.1) is 0 Å². The van der Waals surface area contributed by atoms with Crippen LogP contribution in [0.2, 0.25) is 5.15 Å². The monoisotopic (exact) mass is 368 g/mol. The summed E-state index contributed by atoms with van der Waals surface area (Å²) in [6.07, 6.45) is 1.44. The van der Waals surface area contributed by atoms with Crippen molar-refractivity contribution in [1.82, 2.24) is 9.71 Å². The number of rotatable bonds is 4. The lowest BCUT2D eigenvalue weighted by molar-refractivity contribution is 0.0696. The van der Waals surface area contributed by atoms with E-state index in [1.54, 1.807) is 32.9 Å². The Labute approximate surface area is 145 Å². The first-order valence-electron chi connectivity index (χ1n) is 7.03. The van der Waals surface area contributed by atoms with Gasteiger partial charge in [0.25, 0.3) is 0 Å². The number of aromatic carboxylic acids is 1. The number of sulfonamides is 1. The number of nitrogens with zero attached hydrogens (tertiary/aromatic N) is 1. The van der Waals surface area contributed by atoms with Crippen LogP contribution in [0.15, 0.2) is 41.4 Å². The van der Waals surface area contributed by atoms with Crippen molar-refractivity contribution in [3.63, 3.8) is 0 Å². The number of carbonyl (C=O) groups is 1. The predicted octanol–water partition coefficient (Wildman–Crippen LogP) is 3.18. The number of aromatic nitrogens is 1. The number of hydrogen-bond donors (Lipinski definition) is 2. The van der Waals surface area contributed by atoms with E-state index in [4.69, 9.17) is 16.7 Å². The first-order valence-corrected chi connectivity index (χ1v) is 8.89. The molecule has 1 heterocycles. The smallest absolute Gasteiger partial charge is 0.338 e. The number of benzene rings is 1. The van der Waals surface area contributed by atoms with Crippen LogP contribution in [0.1, 0.15) is 31.1 Å². The number of hydrogen-bond acceptors (Lipinski definition) is 4. The van der Waals surface area contributed by atoms with Crippen molar-refractivity contribution < 1.29 is 18.3 Å². The van der Waals surface area contributed by atoms with E-state index in [0.717, 1.165) is 0 Å². The molecule has 0 aliphatic rings. The molecule has 6 nitrogen and oxygen atoms in total. The van der Waals surface area contributed by atoms with Gasteiger partial charge in [0, 0.05) is 17.3 Å². The molecule has 0 bridgehead atoms. The molecule has 0 fully saturated rings. The summed E-state index contributed by atoms with van der Waals surface area (Å²) in [6, 6.07) is 7.49. The summed E-state index contributed by atoms with van der Waals surface area (Å²) in [6.45, 7) is 5.27. The molecule has 0 radical (unpaired) electrons. The fraction of sp³-hybridized carbons (Fsp3) is 0.250. The summed E-state index contributed by atoms with van der Waals surface area (Å²) < 4.78 is 27.1. The van der Waals surface area contributed by atoms with E-state index in [-0.39, 0.29) is 15.6 Å². The van der Waals surface area contributed by atoms with Crippen LogP contribution >= 0.6 is 11.6 Å². The van der Waals surface area contributed by atoms with Gasteiger partial charge < -0.3 is 5.11 Å². The highest BCUT2D eigenvalue weighted by molar-refractivity contribution is 7.89. The van der Waals surface area contributed by atoms with Gasteiger partial charge in [0.05, 0.1) is 10.5 Å². The maximum absolute atomic E-state index is 12.3. The number of carboxylic acids is 1. The molecule has 128 valence electrons. The van der Waals surface area contributed by atoms with Gasteiger partial charge in [-0.3, -0.25) is 0 Å². The van der Waals surface area contributed by atoms with E-state index in [1.165, 1.54) is 24.4 Å². The van der Waals surface area contributed by atoms with Crippen molar-refractivity contribution in [1.29, 1.82) is 0 Å². The van der Waals surface area contributed by atoms with Gasteiger partial charge in [-0.25, -0.2) is 22.9 Å².